The maximum atomic E-state index is 14.2. The normalized spacial score (nSPS) is 19.2. The van der Waals surface area contributed by atoms with E-state index in [1.807, 2.05) is 4.90 Å². The first-order chi connectivity index (χ1) is 19.5. The fraction of sp³-hybridized carbons (Fsp3) is 0.393. The molecule has 0 saturated carbocycles. The van der Waals surface area contributed by atoms with E-state index in [-0.39, 0.29) is 28.6 Å². The van der Waals surface area contributed by atoms with E-state index in [2.05, 4.69) is 15.3 Å². The Kier molecular flexibility index (Phi) is 7.64. The number of piperidine rings is 1. The van der Waals surface area contributed by atoms with E-state index in [4.69, 9.17) is 15.2 Å². The third kappa shape index (κ3) is 6.14. The zero-order chi connectivity index (χ0) is 29.4. The molecule has 2 atom stereocenters. The Morgan fingerprint density at radius 3 is 2.46 bits per heavy atom. The summed E-state index contributed by atoms with van der Waals surface area (Å²) in [6.07, 6.45) is -5.20. The van der Waals surface area contributed by atoms with Gasteiger partial charge in [-0.3, -0.25) is 4.79 Å². The second-order valence-corrected chi connectivity index (χ2v) is 10.4. The highest BCUT2D eigenvalue weighted by Gasteiger charge is 2.45. The van der Waals surface area contributed by atoms with Gasteiger partial charge in [0.2, 0.25) is 17.9 Å². The molecule has 2 aliphatic heterocycles. The highest BCUT2D eigenvalue weighted by Crippen LogP contribution is 2.42. The van der Waals surface area contributed by atoms with E-state index in [1.165, 1.54) is 55.6 Å². The monoisotopic (exact) mass is 575 g/mol. The van der Waals surface area contributed by atoms with Gasteiger partial charge < -0.3 is 30.5 Å². The molecular weight excluding hydrogens is 546 g/mol. The molecule has 2 aromatic carbocycles. The number of carbonyl (C=O) groups is 1. The van der Waals surface area contributed by atoms with Crippen LogP contribution in [0, 0.1) is 11.2 Å². The standard InChI is InChI=1S/C28H29F4N5O4/c1-40-21-12-18(29)6-7-19(21)16-2-4-17(5-3-16)24(28(30,31)32)41-23-13-22(35-26(33)36-23)37-10-8-27(9-11-37)14-20(25(38)39)34-15-27/h2-7,12-13,20,24,34H,8-11,14-15H2,1H3,(H,38,39)(H2,33,35,36)/t20?,24-/m1/s1. The number of ether oxygens (including phenoxy) is 2. The second-order valence-electron chi connectivity index (χ2n) is 10.4. The number of aliphatic carboxylic acids is 1. The van der Waals surface area contributed by atoms with Gasteiger partial charge in [0.25, 0.3) is 0 Å². The Labute approximate surface area is 233 Å². The number of aromatic nitrogens is 2. The Hall–Kier alpha value is -4.13. The van der Waals surface area contributed by atoms with Gasteiger partial charge in [-0.1, -0.05) is 24.3 Å². The molecule has 3 aromatic rings. The van der Waals surface area contributed by atoms with Crippen molar-refractivity contribution in [2.45, 2.75) is 37.6 Å². The van der Waals surface area contributed by atoms with Gasteiger partial charge in [-0.25, -0.2) is 4.39 Å². The van der Waals surface area contributed by atoms with Crippen molar-refractivity contribution in [2.24, 2.45) is 5.41 Å². The predicted octanol–water partition coefficient (Wildman–Crippen LogP) is 4.59. The number of anilines is 2. The second kappa shape index (κ2) is 11.0. The van der Waals surface area contributed by atoms with E-state index in [0.717, 1.165) is 0 Å². The van der Waals surface area contributed by atoms with Crippen LogP contribution in [0.15, 0.2) is 48.5 Å². The van der Waals surface area contributed by atoms with Gasteiger partial charge in [0.05, 0.1) is 7.11 Å². The molecule has 41 heavy (non-hydrogen) atoms. The first kappa shape index (κ1) is 28.4. The van der Waals surface area contributed by atoms with Gasteiger partial charge in [0, 0.05) is 42.9 Å². The molecular formula is C28H29F4N5O4. The lowest BCUT2D eigenvalue weighted by atomic mass is 9.76. The van der Waals surface area contributed by atoms with Gasteiger partial charge in [-0.15, -0.1) is 0 Å². The molecule has 1 unspecified atom stereocenters. The lowest BCUT2D eigenvalue weighted by Gasteiger charge is -2.39. The Balaban J connectivity index is 1.33. The summed E-state index contributed by atoms with van der Waals surface area (Å²) in [5, 5.41) is 12.4. The molecule has 1 spiro atoms. The maximum Gasteiger partial charge on any atom is 0.429 e. The van der Waals surface area contributed by atoms with Crippen molar-refractivity contribution in [1.29, 1.82) is 0 Å². The highest BCUT2D eigenvalue weighted by molar-refractivity contribution is 5.74. The maximum absolute atomic E-state index is 14.2. The minimum Gasteiger partial charge on any atom is -0.496 e. The van der Waals surface area contributed by atoms with E-state index < -0.39 is 30.1 Å². The first-order valence-corrected chi connectivity index (χ1v) is 13.0. The van der Waals surface area contributed by atoms with Crippen LogP contribution < -0.4 is 25.4 Å². The topological polar surface area (TPSA) is 123 Å². The van der Waals surface area contributed by atoms with Crippen LogP contribution in [0.1, 0.15) is 30.9 Å². The summed E-state index contributed by atoms with van der Waals surface area (Å²) in [6, 6.07) is 10.2. The lowest BCUT2D eigenvalue weighted by molar-refractivity contribution is -0.198. The summed E-state index contributed by atoms with van der Waals surface area (Å²) < 4.78 is 66.7. The van der Waals surface area contributed by atoms with Gasteiger partial charge in [-0.2, -0.15) is 23.1 Å². The fourth-order valence-corrected chi connectivity index (χ4v) is 5.52. The molecule has 2 aliphatic rings. The number of hydrogen-bond donors (Lipinski definition) is 3. The zero-order valence-corrected chi connectivity index (χ0v) is 22.1. The molecule has 13 heteroatoms. The number of nitrogens with zero attached hydrogens (tertiary/aromatic N) is 3. The molecule has 0 aliphatic carbocycles. The van der Waals surface area contributed by atoms with Crippen molar-refractivity contribution in [1.82, 2.24) is 15.3 Å². The number of alkyl halides is 3. The number of carboxylic acids is 1. The third-order valence-electron chi connectivity index (χ3n) is 7.74. The molecule has 218 valence electrons. The minimum absolute atomic E-state index is 0.150. The van der Waals surface area contributed by atoms with Crippen LogP contribution in [0.3, 0.4) is 0 Å². The molecule has 1 aromatic heterocycles. The molecule has 0 bridgehead atoms. The molecule has 2 saturated heterocycles. The summed E-state index contributed by atoms with van der Waals surface area (Å²) in [5.74, 6) is -1.34. The van der Waals surface area contributed by atoms with Gasteiger partial charge in [-0.05, 0) is 42.4 Å². The Morgan fingerprint density at radius 2 is 1.85 bits per heavy atom. The largest absolute Gasteiger partial charge is 0.496 e. The molecule has 0 radical (unpaired) electrons. The Bertz CT molecular complexity index is 1410. The first-order valence-electron chi connectivity index (χ1n) is 13.0. The van der Waals surface area contributed by atoms with Crippen molar-refractivity contribution in [3.8, 4) is 22.8 Å². The number of methoxy groups -OCH3 is 1. The van der Waals surface area contributed by atoms with E-state index in [1.54, 1.807) is 0 Å². The Morgan fingerprint density at radius 1 is 1.15 bits per heavy atom. The highest BCUT2D eigenvalue weighted by atomic mass is 19.4. The smallest absolute Gasteiger partial charge is 0.429 e. The molecule has 0 amide bonds. The van der Waals surface area contributed by atoms with Crippen molar-refractivity contribution in [3.63, 3.8) is 0 Å². The average molecular weight is 576 g/mol. The molecule has 3 heterocycles. The number of rotatable bonds is 7. The van der Waals surface area contributed by atoms with Gasteiger partial charge in [0.1, 0.15) is 23.4 Å². The van der Waals surface area contributed by atoms with E-state index in [0.29, 0.717) is 55.8 Å². The predicted molar refractivity (Wildman–Crippen MR) is 142 cm³/mol. The number of nitrogens with two attached hydrogens (primary N) is 1. The van der Waals surface area contributed by atoms with Crippen LogP contribution in [0.5, 0.6) is 11.6 Å². The lowest BCUT2D eigenvalue weighted by Crippen LogP contribution is -2.41. The van der Waals surface area contributed by atoms with Crippen LogP contribution in [-0.4, -0.2) is 60.0 Å². The van der Waals surface area contributed by atoms with Crippen LogP contribution in [-0.2, 0) is 4.79 Å². The van der Waals surface area contributed by atoms with Crippen molar-refractivity contribution in [3.05, 3.63) is 59.9 Å². The summed E-state index contributed by atoms with van der Waals surface area (Å²) >= 11 is 0. The van der Waals surface area contributed by atoms with Crippen molar-refractivity contribution >= 4 is 17.7 Å². The zero-order valence-electron chi connectivity index (χ0n) is 22.1. The van der Waals surface area contributed by atoms with Crippen molar-refractivity contribution in [2.75, 3.05) is 37.4 Å². The molecule has 2 fully saturated rings. The summed E-state index contributed by atoms with van der Waals surface area (Å²) in [5.41, 5.74) is 6.60. The molecule has 9 nitrogen and oxygen atoms in total. The minimum atomic E-state index is -4.78. The number of nitrogens with one attached hydrogen (secondary N) is 1. The van der Waals surface area contributed by atoms with Gasteiger partial charge in [0.15, 0.2) is 0 Å². The molecule has 4 N–H and O–H groups in total. The fourth-order valence-electron chi connectivity index (χ4n) is 5.52. The number of hydrogen-bond acceptors (Lipinski definition) is 8. The van der Waals surface area contributed by atoms with Crippen LogP contribution in [0.25, 0.3) is 11.1 Å². The van der Waals surface area contributed by atoms with E-state index >= 15 is 0 Å². The summed E-state index contributed by atoms with van der Waals surface area (Å²) in [4.78, 5) is 21.3. The van der Waals surface area contributed by atoms with Gasteiger partial charge >= 0.3 is 12.1 Å². The van der Waals surface area contributed by atoms with E-state index in [9.17, 15) is 27.5 Å². The summed E-state index contributed by atoms with van der Waals surface area (Å²) in [7, 11) is 1.38. The molecule has 5 rings (SSSR count). The van der Waals surface area contributed by atoms with Crippen LogP contribution >= 0.6 is 0 Å². The van der Waals surface area contributed by atoms with Crippen molar-refractivity contribution < 1.29 is 36.9 Å². The quantitative estimate of drug-likeness (QED) is 0.347. The number of nitrogen functional groups attached to an aromatic ring is 1. The van der Waals surface area contributed by atoms with Crippen LogP contribution in [0.4, 0.5) is 29.3 Å². The van der Waals surface area contributed by atoms with Crippen LogP contribution in [0.2, 0.25) is 0 Å². The average Bonchev–Trinajstić information content (AvgIpc) is 3.35. The third-order valence-corrected chi connectivity index (χ3v) is 7.74. The number of carboxylic acid groups (broad SMARTS) is 1. The summed E-state index contributed by atoms with van der Waals surface area (Å²) in [6.45, 7) is 1.65. The number of benzene rings is 2. The number of halogens is 4. The SMILES string of the molecule is COc1cc(F)ccc1-c1ccc([C@@H](Oc2cc(N3CCC4(CC3)CNC(C(=O)O)C4)nc(N)n2)C(F)(F)F)cc1.